The molecule has 114 valence electrons. The van der Waals surface area contributed by atoms with Gasteiger partial charge in [0.05, 0.1) is 24.2 Å². The molecule has 9 heteroatoms. The predicted molar refractivity (Wildman–Crippen MR) is 83.2 cm³/mol. The SMILES string of the molecule is OC[C@]1(n2c(Cl)nc3cc(Br)c(Br)cc32)OC[C@H](O)[C@@H]1O. The molecular formula is C12H11Br2ClN2O4. The number of aliphatic hydroxyl groups is 3. The molecular weight excluding hydrogens is 431 g/mol. The van der Waals surface area contributed by atoms with Gasteiger partial charge in [-0.05, 0) is 55.6 Å². The fraction of sp³-hybridized carbons (Fsp3) is 0.417. The summed E-state index contributed by atoms with van der Waals surface area (Å²) in [5.74, 6) is 0. The topological polar surface area (TPSA) is 87.7 Å². The van der Waals surface area contributed by atoms with Gasteiger partial charge >= 0.3 is 0 Å². The minimum atomic E-state index is -1.56. The fourth-order valence-electron chi connectivity index (χ4n) is 2.52. The van der Waals surface area contributed by atoms with Crippen LogP contribution >= 0.6 is 43.5 Å². The lowest BCUT2D eigenvalue weighted by molar-refractivity contribution is -0.149. The Labute approximate surface area is 141 Å². The number of hydrogen-bond donors (Lipinski definition) is 3. The highest BCUT2D eigenvalue weighted by atomic mass is 79.9. The molecule has 2 heterocycles. The second-order valence-corrected chi connectivity index (χ2v) is 6.84. The summed E-state index contributed by atoms with van der Waals surface area (Å²) in [7, 11) is 0. The highest BCUT2D eigenvalue weighted by Gasteiger charge is 2.51. The van der Waals surface area contributed by atoms with Crippen molar-refractivity contribution in [2.75, 3.05) is 13.2 Å². The zero-order valence-electron chi connectivity index (χ0n) is 10.5. The van der Waals surface area contributed by atoms with Crippen molar-refractivity contribution in [3.63, 3.8) is 0 Å². The van der Waals surface area contributed by atoms with Crippen molar-refractivity contribution < 1.29 is 20.1 Å². The third kappa shape index (κ3) is 2.24. The first-order valence-electron chi connectivity index (χ1n) is 6.05. The van der Waals surface area contributed by atoms with Gasteiger partial charge in [0.1, 0.15) is 12.2 Å². The lowest BCUT2D eigenvalue weighted by Gasteiger charge is -2.32. The van der Waals surface area contributed by atoms with Crippen molar-refractivity contribution in [1.29, 1.82) is 0 Å². The molecule has 0 saturated carbocycles. The first kappa shape index (κ1) is 15.7. The molecule has 1 saturated heterocycles. The Kier molecular flexibility index (Phi) is 4.07. The first-order chi connectivity index (χ1) is 9.90. The third-order valence-electron chi connectivity index (χ3n) is 3.59. The summed E-state index contributed by atoms with van der Waals surface area (Å²) in [5.41, 5.74) is -0.421. The lowest BCUT2D eigenvalue weighted by Crippen LogP contribution is -2.48. The summed E-state index contributed by atoms with van der Waals surface area (Å²) in [6.07, 6.45) is -2.43. The minimum absolute atomic E-state index is 0.0530. The first-order valence-corrected chi connectivity index (χ1v) is 8.01. The van der Waals surface area contributed by atoms with Crippen LogP contribution in [0.1, 0.15) is 0 Å². The van der Waals surface area contributed by atoms with E-state index in [1.165, 1.54) is 4.57 Å². The molecule has 0 unspecified atom stereocenters. The van der Waals surface area contributed by atoms with E-state index in [9.17, 15) is 15.3 Å². The lowest BCUT2D eigenvalue weighted by atomic mass is 10.1. The standard InChI is InChI=1S/C12H11Br2ClN2O4/c13-5-1-7-8(2-6(5)14)17(11(15)16-7)12(4-18)10(20)9(19)3-21-12/h1-2,9-10,18-20H,3-4H2/t9-,10-,12-/m0/s1. The van der Waals surface area contributed by atoms with Crippen LogP contribution in [0.2, 0.25) is 5.28 Å². The van der Waals surface area contributed by atoms with Crippen molar-refractivity contribution in [2.24, 2.45) is 0 Å². The summed E-state index contributed by atoms with van der Waals surface area (Å²) in [4.78, 5) is 4.21. The molecule has 21 heavy (non-hydrogen) atoms. The van der Waals surface area contributed by atoms with Gasteiger partial charge in [-0.1, -0.05) is 0 Å². The van der Waals surface area contributed by atoms with Gasteiger partial charge in [-0.15, -0.1) is 0 Å². The van der Waals surface area contributed by atoms with Crippen molar-refractivity contribution in [3.8, 4) is 0 Å². The van der Waals surface area contributed by atoms with Crippen LogP contribution in [-0.2, 0) is 10.5 Å². The van der Waals surface area contributed by atoms with Gasteiger partial charge < -0.3 is 20.1 Å². The zero-order valence-corrected chi connectivity index (χ0v) is 14.4. The molecule has 3 rings (SSSR count). The van der Waals surface area contributed by atoms with Gasteiger partial charge in [-0.25, -0.2) is 4.98 Å². The van der Waals surface area contributed by atoms with Crippen molar-refractivity contribution in [2.45, 2.75) is 17.9 Å². The van der Waals surface area contributed by atoms with E-state index in [0.717, 1.165) is 8.95 Å². The van der Waals surface area contributed by atoms with E-state index < -0.39 is 24.5 Å². The molecule has 6 nitrogen and oxygen atoms in total. The van der Waals surface area contributed by atoms with Crippen LogP contribution in [-0.4, -0.2) is 50.3 Å². The molecule has 1 aliphatic heterocycles. The van der Waals surface area contributed by atoms with Crippen LogP contribution in [0.3, 0.4) is 0 Å². The van der Waals surface area contributed by atoms with E-state index in [1.807, 2.05) is 0 Å². The van der Waals surface area contributed by atoms with Crippen LogP contribution < -0.4 is 0 Å². The normalized spacial score (nSPS) is 29.4. The maximum absolute atomic E-state index is 10.2. The smallest absolute Gasteiger partial charge is 0.206 e. The summed E-state index contributed by atoms with van der Waals surface area (Å²) in [6, 6.07) is 3.50. The Bertz CT molecular complexity index is 710. The minimum Gasteiger partial charge on any atom is -0.391 e. The van der Waals surface area contributed by atoms with Crippen LogP contribution in [0.4, 0.5) is 0 Å². The summed E-state index contributed by atoms with van der Waals surface area (Å²) in [6.45, 7) is -0.653. The second kappa shape index (κ2) is 5.45. The van der Waals surface area contributed by atoms with Crippen molar-refractivity contribution >= 4 is 54.5 Å². The number of benzene rings is 1. The average molecular weight is 442 g/mol. The van der Waals surface area contributed by atoms with Crippen molar-refractivity contribution in [3.05, 3.63) is 26.4 Å². The largest absolute Gasteiger partial charge is 0.391 e. The van der Waals surface area contributed by atoms with E-state index in [2.05, 4.69) is 36.8 Å². The Morgan fingerprint density at radius 3 is 2.62 bits per heavy atom. The number of ether oxygens (including phenoxy) is 1. The number of halogens is 3. The maximum atomic E-state index is 10.2. The zero-order chi connectivity index (χ0) is 15.4. The van der Waals surface area contributed by atoms with Gasteiger partial charge in [0.2, 0.25) is 5.28 Å². The monoisotopic (exact) mass is 440 g/mol. The van der Waals surface area contributed by atoms with Gasteiger partial charge in [-0.3, -0.25) is 4.57 Å². The average Bonchev–Trinajstić information content (AvgIpc) is 2.90. The molecule has 1 aliphatic rings. The molecule has 0 amide bonds. The maximum Gasteiger partial charge on any atom is 0.206 e. The highest BCUT2D eigenvalue weighted by molar-refractivity contribution is 9.13. The molecule has 1 aromatic carbocycles. The molecule has 0 aliphatic carbocycles. The van der Waals surface area contributed by atoms with E-state index in [4.69, 9.17) is 16.3 Å². The summed E-state index contributed by atoms with van der Waals surface area (Å²) >= 11 is 12.9. The Morgan fingerprint density at radius 2 is 2.05 bits per heavy atom. The Balaban J connectivity index is 2.28. The number of imidazole rings is 1. The quantitative estimate of drug-likeness (QED) is 0.658. The second-order valence-electron chi connectivity index (χ2n) is 4.80. The molecule has 0 radical (unpaired) electrons. The number of fused-ring (bicyclic) bond motifs is 1. The number of hydrogen-bond acceptors (Lipinski definition) is 5. The number of aliphatic hydroxyl groups excluding tert-OH is 3. The van der Waals surface area contributed by atoms with E-state index in [1.54, 1.807) is 12.1 Å². The van der Waals surface area contributed by atoms with E-state index >= 15 is 0 Å². The Hall–Kier alpha value is -0.220. The van der Waals surface area contributed by atoms with Crippen LogP contribution in [0.5, 0.6) is 0 Å². The van der Waals surface area contributed by atoms with Gasteiger partial charge in [0, 0.05) is 8.95 Å². The summed E-state index contributed by atoms with van der Waals surface area (Å²) < 4.78 is 8.44. The van der Waals surface area contributed by atoms with Crippen molar-refractivity contribution in [1.82, 2.24) is 9.55 Å². The van der Waals surface area contributed by atoms with Gasteiger partial charge in [0.15, 0.2) is 5.72 Å². The third-order valence-corrected chi connectivity index (χ3v) is 5.69. The molecule has 0 spiro atoms. The van der Waals surface area contributed by atoms with Gasteiger partial charge in [0.25, 0.3) is 0 Å². The van der Waals surface area contributed by atoms with Crippen LogP contribution in [0.15, 0.2) is 21.1 Å². The molecule has 3 N–H and O–H groups in total. The van der Waals surface area contributed by atoms with E-state index in [0.29, 0.717) is 11.0 Å². The Morgan fingerprint density at radius 1 is 1.38 bits per heavy atom. The fourth-order valence-corrected chi connectivity index (χ4v) is 3.50. The van der Waals surface area contributed by atoms with Crippen LogP contribution in [0.25, 0.3) is 11.0 Å². The summed E-state index contributed by atoms with van der Waals surface area (Å²) in [5, 5.41) is 29.8. The highest BCUT2D eigenvalue weighted by Crippen LogP contribution is 2.39. The van der Waals surface area contributed by atoms with Gasteiger partial charge in [-0.2, -0.15) is 0 Å². The predicted octanol–water partition coefficient (Wildman–Crippen LogP) is 1.61. The number of aromatic nitrogens is 2. The molecule has 3 atom stereocenters. The molecule has 1 fully saturated rings. The van der Waals surface area contributed by atoms with Crippen LogP contribution in [0, 0.1) is 0 Å². The number of nitrogens with zero attached hydrogens (tertiary/aromatic N) is 2. The molecule has 2 aromatic rings. The molecule has 1 aromatic heterocycles. The van der Waals surface area contributed by atoms with E-state index in [-0.39, 0.29) is 11.9 Å². The number of rotatable bonds is 2. The molecule has 0 bridgehead atoms.